The van der Waals surface area contributed by atoms with Crippen molar-refractivity contribution in [2.24, 2.45) is 0 Å². The van der Waals surface area contributed by atoms with Crippen LogP contribution in [-0.2, 0) is 11.3 Å². The highest BCUT2D eigenvalue weighted by molar-refractivity contribution is 5.92. The van der Waals surface area contributed by atoms with Crippen molar-refractivity contribution in [3.63, 3.8) is 0 Å². The van der Waals surface area contributed by atoms with Crippen molar-refractivity contribution in [3.05, 3.63) is 47.8 Å². The molecule has 2 aromatic rings. The number of benzene rings is 1. The molecule has 0 fully saturated rings. The molecule has 0 unspecified atom stereocenters. The van der Waals surface area contributed by atoms with Gasteiger partial charge in [-0.2, -0.15) is 5.26 Å². The highest BCUT2D eigenvalue weighted by atomic mass is 16.1. The van der Waals surface area contributed by atoms with Gasteiger partial charge in [0.05, 0.1) is 0 Å². The number of nitriles is 1. The Morgan fingerprint density at radius 2 is 2.19 bits per heavy atom. The second kappa shape index (κ2) is 6.62. The molecule has 0 atom stereocenters. The van der Waals surface area contributed by atoms with Gasteiger partial charge in [-0.05, 0) is 43.2 Å². The van der Waals surface area contributed by atoms with Gasteiger partial charge in [-0.1, -0.05) is 6.07 Å². The largest absolute Gasteiger partial charge is 0.398 e. The molecule has 0 spiro atoms. The average molecular weight is 282 g/mol. The summed E-state index contributed by atoms with van der Waals surface area (Å²) in [6, 6.07) is 11.2. The van der Waals surface area contributed by atoms with Crippen LogP contribution in [0.4, 0.5) is 11.4 Å². The van der Waals surface area contributed by atoms with E-state index in [4.69, 9.17) is 11.0 Å². The van der Waals surface area contributed by atoms with Crippen LogP contribution >= 0.6 is 0 Å². The fourth-order valence-corrected chi connectivity index (χ4v) is 2.12. The summed E-state index contributed by atoms with van der Waals surface area (Å²) < 4.78 is 1.85. The molecule has 5 heteroatoms. The highest BCUT2D eigenvalue weighted by Gasteiger charge is 2.07. The summed E-state index contributed by atoms with van der Waals surface area (Å²) in [5.74, 6) is -0.0469. The summed E-state index contributed by atoms with van der Waals surface area (Å²) in [6.07, 6.45) is 2.92. The molecule has 2 rings (SSSR count). The topological polar surface area (TPSA) is 83.8 Å². The van der Waals surface area contributed by atoms with Crippen LogP contribution < -0.4 is 11.1 Å². The SMILES string of the molecule is Cc1c(N)cccc1NC(=O)CCCn1cccc1C#N. The number of nitrogens with two attached hydrogens (primary N) is 1. The maximum absolute atomic E-state index is 11.9. The van der Waals surface area contributed by atoms with E-state index in [1.165, 1.54) is 0 Å². The number of carbonyl (C=O) groups is 1. The molecule has 1 aromatic heterocycles. The lowest BCUT2D eigenvalue weighted by Gasteiger charge is -2.10. The number of nitrogens with one attached hydrogen (secondary N) is 1. The standard InChI is InChI=1S/C16H18N4O/c1-12-14(18)6-2-7-15(12)19-16(21)8-4-10-20-9-3-5-13(20)11-17/h2-3,5-7,9H,4,8,10,18H2,1H3,(H,19,21). The van der Waals surface area contributed by atoms with E-state index in [9.17, 15) is 4.79 Å². The number of carbonyl (C=O) groups excluding carboxylic acids is 1. The normalized spacial score (nSPS) is 10.1. The van der Waals surface area contributed by atoms with Crippen LogP contribution in [0.1, 0.15) is 24.1 Å². The zero-order chi connectivity index (χ0) is 15.2. The lowest BCUT2D eigenvalue weighted by molar-refractivity contribution is -0.116. The van der Waals surface area contributed by atoms with E-state index in [1.807, 2.05) is 35.9 Å². The predicted molar refractivity (Wildman–Crippen MR) is 82.6 cm³/mol. The first kappa shape index (κ1) is 14.7. The second-order valence-corrected chi connectivity index (χ2v) is 4.87. The molecular formula is C16H18N4O. The number of hydrogen-bond donors (Lipinski definition) is 2. The van der Waals surface area contributed by atoms with Crippen molar-refractivity contribution in [1.29, 1.82) is 5.26 Å². The number of rotatable bonds is 5. The number of nitrogens with zero attached hydrogens (tertiary/aromatic N) is 2. The highest BCUT2D eigenvalue weighted by Crippen LogP contribution is 2.20. The third-order valence-corrected chi connectivity index (χ3v) is 3.40. The summed E-state index contributed by atoms with van der Waals surface area (Å²) in [5.41, 5.74) is 8.71. The van der Waals surface area contributed by atoms with Crippen molar-refractivity contribution >= 4 is 17.3 Å². The van der Waals surface area contributed by atoms with Gasteiger partial charge in [-0.15, -0.1) is 0 Å². The van der Waals surface area contributed by atoms with E-state index >= 15 is 0 Å². The quantitative estimate of drug-likeness (QED) is 0.827. The van der Waals surface area contributed by atoms with Crippen molar-refractivity contribution in [1.82, 2.24) is 4.57 Å². The van der Waals surface area contributed by atoms with Crippen LogP contribution in [0.3, 0.4) is 0 Å². The Morgan fingerprint density at radius 3 is 2.95 bits per heavy atom. The minimum Gasteiger partial charge on any atom is -0.398 e. The molecule has 0 aliphatic heterocycles. The number of hydrogen-bond acceptors (Lipinski definition) is 3. The molecule has 0 aliphatic carbocycles. The molecular weight excluding hydrogens is 264 g/mol. The molecule has 1 aromatic carbocycles. The van der Waals surface area contributed by atoms with Crippen molar-refractivity contribution in [2.45, 2.75) is 26.3 Å². The number of aromatic nitrogens is 1. The van der Waals surface area contributed by atoms with Crippen molar-refractivity contribution in [2.75, 3.05) is 11.1 Å². The molecule has 5 nitrogen and oxygen atoms in total. The first-order valence-electron chi connectivity index (χ1n) is 6.82. The molecule has 0 saturated heterocycles. The Labute approximate surface area is 124 Å². The summed E-state index contributed by atoms with van der Waals surface area (Å²) in [6.45, 7) is 2.53. The van der Waals surface area contributed by atoms with Gasteiger partial charge in [0.2, 0.25) is 5.91 Å². The van der Waals surface area contributed by atoms with Crippen LogP contribution in [0.15, 0.2) is 36.5 Å². The van der Waals surface area contributed by atoms with Crippen molar-refractivity contribution < 1.29 is 4.79 Å². The summed E-state index contributed by atoms with van der Waals surface area (Å²) in [7, 11) is 0. The maximum Gasteiger partial charge on any atom is 0.224 e. The fourth-order valence-electron chi connectivity index (χ4n) is 2.12. The first-order chi connectivity index (χ1) is 10.1. The number of amides is 1. The van der Waals surface area contributed by atoms with Gasteiger partial charge in [-0.3, -0.25) is 4.79 Å². The predicted octanol–water partition coefficient (Wildman–Crippen LogP) is 2.67. The van der Waals surface area contributed by atoms with Crippen LogP contribution in [0, 0.1) is 18.3 Å². The number of aryl methyl sites for hydroxylation is 1. The van der Waals surface area contributed by atoms with Gasteiger partial charge in [0, 0.05) is 30.5 Å². The van der Waals surface area contributed by atoms with Gasteiger partial charge >= 0.3 is 0 Å². The van der Waals surface area contributed by atoms with Gasteiger partial charge in [0.25, 0.3) is 0 Å². The Hall–Kier alpha value is -2.74. The number of nitrogen functional groups attached to an aromatic ring is 1. The van der Waals surface area contributed by atoms with Gasteiger partial charge in [0.1, 0.15) is 11.8 Å². The minimum atomic E-state index is -0.0469. The lowest BCUT2D eigenvalue weighted by Crippen LogP contribution is -2.13. The van der Waals surface area contributed by atoms with Crippen LogP contribution in [0.25, 0.3) is 0 Å². The van der Waals surface area contributed by atoms with Gasteiger partial charge in [0.15, 0.2) is 0 Å². The zero-order valence-electron chi connectivity index (χ0n) is 12.0. The molecule has 0 saturated carbocycles. The minimum absolute atomic E-state index is 0.0469. The molecule has 3 N–H and O–H groups in total. The zero-order valence-corrected chi connectivity index (χ0v) is 12.0. The summed E-state index contributed by atoms with van der Waals surface area (Å²) in [5, 5.41) is 11.8. The smallest absolute Gasteiger partial charge is 0.224 e. The van der Waals surface area contributed by atoms with E-state index in [0.717, 1.165) is 11.3 Å². The molecule has 0 radical (unpaired) electrons. The van der Waals surface area contributed by atoms with E-state index in [1.54, 1.807) is 12.1 Å². The Bertz CT molecular complexity index is 682. The molecule has 1 amide bonds. The number of anilines is 2. The molecule has 108 valence electrons. The molecule has 1 heterocycles. The molecule has 0 aliphatic rings. The second-order valence-electron chi connectivity index (χ2n) is 4.87. The monoisotopic (exact) mass is 282 g/mol. The van der Waals surface area contributed by atoms with Crippen LogP contribution in [0.2, 0.25) is 0 Å². The van der Waals surface area contributed by atoms with Gasteiger partial charge < -0.3 is 15.6 Å². The lowest BCUT2D eigenvalue weighted by atomic mass is 10.1. The first-order valence-corrected chi connectivity index (χ1v) is 6.82. The Morgan fingerprint density at radius 1 is 1.38 bits per heavy atom. The third-order valence-electron chi connectivity index (χ3n) is 3.40. The van der Waals surface area contributed by atoms with E-state index < -0.39 is 0 Å². The Balaban J connectivity index is 1.86. The average Bonchev–Trinajstić information content (AvgIpc) is 2.91. The Kier molecular flexibility index (Phi) is 4.62. The van der Waals surface area contributed by atoms with Crippen LogP contribution in [0.5, 0.6) is 0 Å². The maximum atomic E-state index is 11.9. The molecule has 21 heavy (non-hydrogen) atoms. The van der Waals surface area contributed by atoms with Crippen LogP contribution in [-0.4, -0.2) is 10.5 Å². The fraction of sp³-hybridized carbons (Fsp3) is 0.250. The van der Waals surface area contributed by atoms with E-state index in [-0.39, 0.29) is 5.91 Å². The summed E-state index contributed by atoms with van der Waals surface area (Å²) in [4.78, 5) is 11.9. The summed E-state index contributed by atoms with van der Waals surface area (Å²) >= 11 is 0. The van der Waals surface area contributed by atoms with E-state index in [0.29, 0.717) is 30.8 Å². The van der Waals surface area contributed by atoms with E-state index in [2.05, 4.69) is 11.4 Å². The van der Waals surface area contributed by atoms with Crippen molar-refractivity contribution in [3.8, 4) is 6.07 Å². The van der Waals surface area contributed by atoms with Gasteiger partial charge in [-0.25, -0.2) is 0 Å². The third kappa shape index (κ3) is 3.63. The molecule has 0 bridgehead atoms.